The first-order valence-electron chi connectivity index (χ1n) is 19.4. The van der Waals surface area contributed by atoms with Crippen LogP contribution >= 0.6 is 0 Å². The summed E-state index contributed by atoms with van der Waals surface area (Å²) in [5.74, 6) is 1.73. The number of rotatable bonds is 5. The minimum absolute atomic E-state index is 0.573. The molecule has 6 aromatic carbocycles. The summed E-state index contributed by atoms with van der Waals surface area (Å²) < 4.78 is 6.15. The molecule has 0 atom stereocenters. The summed E-state index contributed by atoms with van der Waals surface area (Å²) in [4.78, 5) is 34.0. The Morgan fingerprint density at radius 1 is 0.305 bits per heavy atom. The van der Waals surface area contributed by atoms with Crippen LogP contribution in [0.3, 0.4) is 0 Å². The van der Waals surface area contributed by atoms with Crippen molar-refractivity contribution in [2.75, 3.05) is 0 Å². The third-order valence-corrected chi connectivity index (χ3v) is 11.1. The molecule has 0 saturated carbocycles. The fourth-order valence-electron chi connectivity index (χ4n) is 8.24. The molecule has 0 N–H and O–H groups in total. The quantitative estimate of drug-likeness (QED) is 0.160. The smallest absolute Gasteiger partial charge is 0.164 e. The van der Waals surface area contributed by atoms with Gasteiger partial charge in [-0.3, -0.25) is 19.9 Å². The molecular weight excluding hydrogens is 727 g/mol. The van der Waals surface area contributed by atoms with Crippen LogP contribution in [0.25, 0.3) is 122 Å². The molecule has 8 nitrogen and oxygen atoms in total. The highest BCUT2D eigenvalue weighted by molar-refractivity contribution is 6.09. The van der Waals surface area contributed by atoms with E-state index in [1.807, 2.05) is 67.3 Å². The first-order chi connectivity index (χ1) is 29.2. The Bertz CT molecular complexity index is 3440. The van der Waals surface area contributed by atoms with Gasteiger partial charge in [0, 0.05) is 73.8 Å². The van der Waals surface area contributed by atoms with Gasteiger partial charge in [-0.05, 0) is 70.8 Å². The Balaban J connectivity index is 0.970. The molecule has 0 spiro atoms. The van der Waals surface area contributed by atoms with Crippen molar-refractivity contribution < 1.29 is 4.42 Å². The first-order valence-corrected chi connectivity index (χ1v) is 19.4. The highest BCUT2D eigenvalue weighted by Gasteiger charge is 2.17. The summed E-state index contributed by atoms with van der Waals surface area (Å²) in [6.45, 7) is 0. The second-order valence-electron chi connectivity index (χ2n) is 14.6. The zero-order valence-corrected chi connectivity index (χ0v) is 31.3. The van der Waals surface area contributed by atoms with Crippen molar-refractivity contribution in [2.24, 2.45) is 0 Å². The average molecular weight is 756 g/mol. The van der Waals surface area contributed by atoms with Crippen LogP contribution in [0.2, 0.25) is 0 Å². The van der Waals surface area contributed by atoms with Crippen LogP contribution in [0.4, 0.5) is 0 Å². The van der Waals surface area contributed by atoms with Gasteiger partial charge in [-0.25, -0.2) is 15.0 Å². The second-order valence-corrected chi connectivity index (χ2v) is 14.6. The molecule has 0 radical (unpaired) electrons. The highest BCUT2D eigenvalue weighted by Crippen LogP contribution is 2.36. The summed E-state index contributed by atoms with van der Waals surface area (Å²) in [6.07, 6.45) is 7.33. The number of hydrogen-bond donors (Lipinski definition) is 0. The molecule has 0 aliphatic carbocycles. The number of fused-ring (bicyclic) bond motifs is 9. The van der Waals surface area contributed by atoms with Crippen molar-refractivity contribution in [3.63, 3.8) is 0 Å². The summed E-state index contributed by atoms with van der Waals surface area (Å²) in [6, 6.07) is 51.6. The van der Waals surface area contributed by atoms with Gasteiger partial charge in [0.1, 0.15) is 11.2 Å². The van der Waals surface area contributed by atoms with Gasteiger partial charge in [-0.15, -0.1) is 0 Å². The highest BCUT2D eigenvalue weighted by atomic mass is 16.3. The minimum Gasteiger partial charge on any atom is -0.456 e. The predicted molar refractivity (Wildman–Crippen MR) is 235 cm³/mol. The molecular formula is C51H29N7O. The first kappa shape index (κ1) is 33.0. The van der Waals surface area contributed by atoms with Crippen molar-refractivity contribution in [3.05, 3.63) is 176 Å². The van der Waals surface area contributed by atoms with E-state index >= 15 is 0 Å². The molecule has 12 aromatic rings. The van der Waals surface area contributed by atoms with Crippen LogP contribution in [0.5, 0.6) is 0 Å². The van der Waals surface area contributed by atoms with Crippen LogP contribution in [0.15, 0.2) is 181 Å². The summed E-state index contributed by atoms with van der Waals surface area (Å²) in [5.41, 5.74) is 12.1. The Morgan fingerprint density at radius 3 is 1.36 bits per heavy atom. The molecule has 0 aliphatic heterocycles. The van der Waals surface area contributed by atoms with E-state index in [1.165, 1.54) is 0 Å². The van der Waals surface area contributed by atoms with Gasteiger partial charge in [-0.2, -0.15) is 0 Å². The molecule has 0 amide bonds. The van der Waals surface area contributed by atoms with Crippen LogP contribution in [0.1, 0.15) is 0 Å². The second kappa shape index (κ2) is 13.2. The summed E-state index contributed by atoms with van der Waals surface area (Å²) in [7, 11) is 0. The molecule has 0 aliphatic rings. The number of benzene rings is 6. The molecule has 0 unspecified atom stereocenters. The topological polar surface area (TPSA) is 103 Å². The van der Waals surface area contributed by atoms with Gasteiger partial charge in [0.2, 0.25) is 0 Å². The van der Waals surface area contributed by atoms with Crippen molar-refractivity contribution in [2.45, 2.75) is 0 Å². The van der Waals surface area contributed by atoms with E-state index in [0.29, 0.717) is 17.5 Å². The van der Waals surface area contributed by atoms with Crippen molar-refractivity contribution in [1.82, 2.24) is 34.9 Å². The van der Waals surface area contributed by atoms with E-state index in [4.69, 9.17) is 29.3 Å². The molecule has 12 rings (SSSR count). The largest absolute Gasteiger partial charge is 0.456 e. The third kappa shape index (κ3) is 5.49. The predicted octanol–water partition coefficient (Wildman–Crippen LogP) is 12.3. The molecule has 0 fully saturated rings. The maximum atomic E-state index is 6.15. The van der Waals surface area contributed by atoms with Crippen LogP contribution < -0.4 is 0 Å². The molecule has 0 bridgehead atoms. The molecule has 0 saturated heterocycles. The molecule has 8 heteroatoms. The Labute approximate surface area is 336 Å². The van der Waals surface area contributed by atoms with Crippen molar-refractivity contribution in [1.29, 1.82) is 0 Å². The lowest BCUT2D eigenvalue weighted by atomic mass is 9.98. The van der Waals surface area contributed by atoms with E-state index in [9.17, 15) is 0 Å². The molecule has 6 aromatic heterocycles. The number of pyridine rings is 4. The standard InChI is InChI=1S/C51H29N7O/c1-2-8-43-39(7-1)42-29-36(19-22-44(42)59-43)51-57-49(34-13-9-30(10-14-34)37-23-27-54-47-40(37)20-17-32-5-3-25-52-45(32)47)56-50(58-51)35-15-11-31(12-16-35)38-24-28-55-48-41(38)21-18-33-6-4-26-53-46(33)48/h1-29H. The fourth-order valence-corrected chi connectivity index (χ4v) is 8.24. The molecule has 6 heterocycles. The van der Waals surface area contributed by atoms with Gasteiger partial charge in [0.15, 0.2) is 17.5 Å². The Morgan fingerprint density at radius 2 is 0.780 bits per heavy atom. The van der Waals surface area contributed by atoms with E-state index in [-0.39, 0.29) is 0 Å². The monoisotopic (exact) mass is 755 g/mol. The lowest BCUT2D eigenvalue weighted by molar-refractivity contribution is 0.669. The van der Waals surface area contributed by atoms with Gasteiger partial charge < -0.3 is 4.42 Å². The number of nitrogens with zero attached hydrogens (tertiary/aromatic N) is 7. The molecule has 274 valence electrons. The van der Waals surface area contributed by atoms with Gasteiger partial charge >= 0.3 is 0 Å². The van der Waals surface area contributed by atoms with Gasteiger partial charge in [0.25, 0.3) is 0 Å². The van der Waals surface area contributed by atoms with Crippen LogP contribution in [-0.4, -0.2) is 34.9 Å². The van der Waals surface area contributed by atoms with Gasteiger partial charge in [-0.1, -0.05) is 103 Å². The van der Waals surface area contributed by atoms with Crippen molar-refractivity contribution >= 4 is 65.6 Å². The van der Waals surface area contributed by atoms with Crippen LogP contribution in [-0.2, 0) is 0 Å². The van der Waals surface area contributed by atoms with E-state index in [1.54, 1.807) is 0 Å². The van der Waals surface area contributed by atoms with Gasteiger partial charge in [0.05, 0.1) is 22.1 Å². The zero-order valence-electron chi connectivity index (χ0n) is 31.3. The maximum Gasteiger partial charge on any atom is 0.164 e. The third-order valence-electron chi connectivity index (χ3n) is 11.1. The van der Waals surface area contributed by atoms with E-state index < -0.39 is 0 Å². The lowest BCUT2D eigenvalue weighted by Crippen LogP contribution is -2.00. The van der Waals surface area contributed by atoms with Crippen LogP contribution in [0, 0.1) is 0 Å². The van der Waals surface area contributed by atoms with E-state index in [2.05, 4.69) is 119 Å². The SMILES string of the molecule is c1cnc2c(c1)ccc1c(-c3ccc(-c4nc(-c5ccc(-c6ccnc7c6ccc6cccnc67)cc5)nc(-c5ccc6oc7ccccc7c6c5)n4)cc3)ccnc12. The summed E-state index contributed by atoms with van der Waals surface area (Å²) in [5, 5.41) is 6.28. The zero-order chi connectivity index (χ0) is 38.9. The van der Waals surface area contributed by atoms with E-state index in [0.717, 1.165) is 104 Å². The lowest BCUT2D eigenvalue weighted by Gasteiger charge is -2.11. The number of para-hydroxylation sites is 1. The average Bonchev–Trinajstić information content (AvgIpc) is 3.69. The number of hydrogen-bond acceptors (Lipinski definition) is 8. The Kier molecular flexibility index (Phi) is 7.36. The summed E-state index contributed by atoms with van der Waals surface area (Å²) >= 11 is 0. The number of furan rings is 1. The normalized spacial score (nSPS) is 11.7. The number of aromatic nitrogens is 7. The fraction of sp³-hybridized carbons (Fsp3) is 0. The minimum atomic E-state index is 0.573. The van der Waals surface area contributed by atoms with Crippen molar-refractivity contribution in [3.8, 4) is 56.4 Å². The Hall–Kier alpha value is -8.23. The molecule has 59 heavy (non-hydrogen) atoms. The maximum absolute atomic E-state index is 6.15.